The summed E-state index contributed by atoms with van der Waals surface area (Å²) in [4.78, 5) is 1.22. The highest BCUT2D eigenvalue weighted by molar-refractivity contribution is 7.88. The van der Waals surface area contributed by atoms with Gasteiger partial charge in [-0.15, -0.1) is 11.3 Å². The van der Waals surface area contributed by atoms with E-state index in [9.17, 15) is 8.42 Å². The Hall–Kier alpha value is -0.390. The second kappa shape index (κ2) is 4.21. The molecule has 0 aliphatic rings. The first-order valence-corrected chi connectivity index (χ1v) is 6.66. The van der Waals surface area contributed by atoms with E-state index in [1.807, 2.05) is 17.5 Å². The fraction of sp³-hybridized carbons (Fsp3) is 0.500. The van der Waals surface area contributed by atoms with Gasteiger partial charge in [0, 0.05) is 18.5 Å². The van der Waals surface area contributed by atoms with E-state index in [-0.39, 0.29) is 0 Å². The summed E-state index contributed by atoms with van der Waals surface area (Å²) in [6.45, 7) is 0.555. The Morgan fingerprint density at radius 1 is 1.54 bits per heavy atom. The van der Waals surface area contributed by atoms with E-state index in [1.54, 1.807) is 18.4 Å². The van der Waals surface area contributed by atoms with Crippen molar-refractivity contribution in [2.75, 3.05) is 19.8 Å². The lowest BCUT2D eigenvalue weighted by atomic mass is 10.3. The highest BCUT2D eigenvalue weighted by Crippen LogP contribution is 2.09. The Morgan fingerprint density at radius 3 is 2.69 bits per heavy atom. The van der Waals surface area contributed by atoms with E-state index in [1.165, 1.54) is 15.4 Å². The van der Waals surface area contributed by atoms with Crippen molar-refractivity contribution in [1.82, 2.24) is 4.31 Å². The van der Waals surface area contributed by atoms with Gasteiger partial charge in [0.1, 0.15) is 0 Å². The molecule has 0 unspecified atom stereocenters. The summed E-state index contributed by atoms with van der Waals surface area (Å²) in [6, 6.07) is 3.99. The molecule has 0 aliphatic carbocycles. The zero-order valence-corrected chi connectivity index (χ0v) is 9.36. The molecule has 1 rings (SSSR count). The fourth-order valence-electron chi connectivity index (χ4n) is 0.888. The highest BCUT2D eigenvalue weighted by atomic mass is 32.2. The van der Waals surface area contributed by atoms with Gasteiger partial charge < -0.3 is 0 Å². The summed E-state index contributed by atoms with van der Waals surface area (Å²) < 4.78 is 23.4. The molecule has 1 heterocycles. The van der Waals surface area contributed by atoms with Crippen molar-refractivity contribution in [3.05, 3.63) is 22.4 Å². The van der Waals surface area contributed by atoms with Gasteiger partial charge in [0.25, 0.3) is 0 Å². The van der Waals surface area contributed by atoms with Crippen LogP contribution in [0, 0.1) is 0 Å². The van der Waals surface area contributed by atoms with Gasteiger partial charge in [-0.3, -0.25) is 0 Å². The average molecular weight is 219 g/mol. The van der Waals surface area contributed by atoms with Crippen molar-refractivity contribution in [2.24, 2.45) is 0 Å². The Labute approximate surface area is 83.1 Å². The van der Waals surface area contributed by atoms with Crippen LogP contribution in [-0.2, 0) is 16.4 Å². The maximum atomic E-state index is 11.0. The molecule has 0 aliphatic heterocycles. The fourth-order valence-corrected chi connectivity index (χ4v) is 2.01. The number of likely N-dealkylation sites (N-methyl/N-ethyl adjacent to an activating group) is 1. The molecule has 0 radical (unpaired) electrons. The Balaban J connectivity index is 2.44. The molecule has 5 heteroatoms. The summed E-state index contributed by atoms with van der Waals surface area (Å²) in [6.07, 6.45) is 2.02. The Morgan fingerprint density at radius 2 is 2.23 bits per heavy atom. The quantitative estimate of drug-likeness (QED) is 0.762. The smallest absolute Gasteiger partial charge is 0.210 e. The van der Waals surface area contributed by atoms with Gasteiger partial charge in [-0.25, -0.2) is 12.7 Å². The molecule has 0 bridgehead atoms. The summed E-state index contributed by atoms with van der Waals surface area (Å²) in [5, 5.41) is 2.00. The third kappa shape index (κ3) is 3.46. The number of hydrogen-bond donors (Lipinski definition) is 0. The van der Waals surface area contributed by atoms with E-state index in [2.05, 4.69) is 0 Å². The summed E-state index contributed by atoms with van der Waals surface area (Å²) in [7, 11) is -1.42. The lowest BCUT2D eigenvalue weighted by molar-refractivity contribution is 0.479. The van der Waals surface area contributed by atoms with E-state index in [0.29, 0.717) is 6.54 Å². The maximum Gasteiger partial charge on any atom is 0.210 e. The molecule has 74 valence electrons. The number of nitrogens with zero attached hydrogens (tertiary/aromatic N) is 1. The van der Waals surface area contributed by atoms with Crippen LogP contribution in [0.2, 0.25) is 0 Å². The molecule has 0 atom stereocenters. The molecule has 0 saturated carbocycles. The lowest BCUT2D eigenvalue weighted by Crippen LogP contribution is -2.27. The van der Waals surface area contributed by atoms with Crippen LogP contribution in [0.15, 0.2) is 17.5 Å². The first-order valence-electron chi connectivity index (χ1n) is 3.94. The number of rotatable bonds is 4. The van der Waals surface area contributed by atoms with E-state index in [4.69, 9.17) is 0 Å². The van der Waals surface area contributed by atoms with Crippen molar-refractivity contribution in [1.29, 1.82) is 0 Å². The molecule has 3 nitrogen and oxygen atoms in total. The average Bonchev–Trinajstić information content (AvgIpc) is 2.50. The van der Waals surface area contributed by atoms with E-state index >= 15 is 0 Å². The van der Waals surface area contributed by atoms with E-state index in [0.717, 1.165) is 6.42 Å². The maximum absolute atomic E-state index is 11.0. The first-order chi connectivity index (χ1) is 6.00. The summed E-state index contributed by atoms with van der Waals surface area (Å²) >= 11 is 1.65. The van der Waals surface area contributed by atoms with Gasteiger partial charge in [-0.1, -0.05) is 6.07 Å². The van der Waals surface area contributed by atoms with Gasteiger partial charge in [-0.2, -0.15) is 0 Å². The number of thiophene rings is 1. The Bertz CT molecular complexity index is 342. The van der Waals surface area contributed by atoms with Crippen LogP contribution in [0.25, 0.3) is 0 Å². The van der Waals surface area contributed by atoms with Crippen LogP contribution < -0.4 is 0 Å². The van der Waals surface area contributed by atoms with Crippen molar-refractivity contribution in [3.8, 4) is 0 Å². The molecule has 0 aromatic carbocycles. The standard InChI is InChI=1S/C8H13NO2S2/c1-9(13(2,10)11)6-5-8-4-3-7-12-8/h3-4,7H,5-6H2,1-2H3. The minimum atomic E-state index is -3.02. The topological polar surface area (TPSA) is 37.4 Å². The third-order valence-electron chi connectivity index (χ3n) is 1.82. The molecular formula is C8H13NO2S2. The van der Waals surface area contributed by atoms with Gasteiger partial charge in [0.15, 0.2) is 0 Å². The molecule has 0 N–H and O–H groups in total. The van der Waals surface area contributed by atoms with Crippen LogP contribution in [-0.4, -0.2) is 32.6 Å². The van der Waals surface area contributed by atoms with Gasteiger partial charge in [0.05, 0.1) is 6.26 Å². The molecule has 1 aromatic heterocycles. The van der Waals surface area contributed by atoms with Crippen LogP contribution in [0.4, 0.5) is 0 Å². The van der Waals surface area contributed by atoms with Crippen LogP contribution >= 0.6 is 11.3 Å². The van der Waals surface area contributed by atoms with Crippen molar-refractivity contribution in [2.45, 2.75) is 6.42 Å². The van der Waals surface area contributed by atoms with Crippen LogP contribution in [0.1, 0.15) is 4.88 Å². The molecule has 1 aromatic rings. The summed E-state index contributed by atoms with van der Waals surface area (Å²) in [5.41, 5.74) is 0. The molecule has 0 spiro atoms. The Kier molecular flexibility index (Phi) is 3.47. The second-order valence-electron chi connectivity index (χ2n) is 2.91. The van der Waals surface area contributed by atoms with Crippen LogP contribution in [0.3, 0.4) is 0 Å². The largest absolute Gasteiger partial charge is 0.213 e. The van der Waals surface area contributed by atoms with Crippen LogP contribution in [0.5, 0.6) is 0 Å². The number of hydrogen-bond acceptors (Lipinski definition) is 3. The molecule has 0 fully saturated rings. The molecule has 13 heavy (non-hydrogen) atoms. The number of sulfonamides is 1. The van der Waals surface area contributed by atoms with E-state index < -0.39 is 10.0 Å². The van der Waals surface area contributed by atoms with Gasteiger partial charge >= 0.3 is 0 Å². The molecule has 0 amide bonds. The predicted octanol–water partition coefficient (Wildman–Crippen LogP) is 1.18. The molecule has 0 saturated heterocycles. The van der Waals surface area contributed by atoms with Crippen molar-refractivity contribution >= 4 is 21.4 Å². The van der Waals surface area contributed by atoms with Gasteiger partial charge in [-0.05, 0) is 17.9 Å². The minimum absolute atomic E-state index is 0.555. The minimum Gasteiger partial charge on any atom is -0.213 e. The zero-order chi connectivity index (χ0) is 9.90. The lowest BCUT2D eigenvalue weighted by Gasteiger charge is -2.12. The zero-order valence-electron chi connectivity index (χ0n) is 7.73. The highest BCUT2D eigenvalue weighted by Gasteiger charge is 2.09. The van der Waals surface area contributed by atoms with Crippen molar-refractivity contribution < 1.29 is 8.42 Å². The summed E-state index contributed by atoms with van der Waals surface area (Å²) in [5.74, 6) is 0. The third-order valence-corrected chi connectivity index (χ3v) is 4.07. The monoisotopic (exact) mass is 219 g/mol. The predicted molar refractivity (Wildman–Crippen MR) is 55.5 cm³/mol. The SMILES string of the molecule is CN(CCc1cccs1)S(C)(=O)=O. The molecular weight excluding hydrogens is 206 g/mol. The first kappa shape index (κ1) is 10.7. The second-order valence-corrected chi connectivity index (χ2v) is 6.04. The van der Waals surface area contributed by atoms with Gasteiger partial charge in [0.2, 0.25) is 10.0 Å². The van der Waals surface area contributed by atoms with Crippen molar-refractivity contribution in [3.63, 3.8) is 0 Å². The normalized spacial score (nSPS) is 12.2.